The Morgan fingerprint density at radius 1 is 1.27 bits per heavy atom. The number of hydrogen-bond donors (Lipinski definition) is 2. The van der Waals surface area contributed by atoms with Gasteiger partial charge in [-0.25, -0.2) is 4.79 Å². The number of allylic oxidation sites excluding steroid dienone is 3. The number of ether oxygens (including phenoxy) is 2. The van der Waals surface area contributed by atoms with Crippen molar-refractivity contribution in [3.8, 4) is 11.5 Å². The molecule has 2 aliphatic rings. The summed E-state index contributed by atoms with van der Waals surface area (Å²) in [6.07, 6.45) is 0.788. The number of benzene rings is 1. The van der Waals surface area contributed by atoms with Crippen LogP contribution in [0.3, 0.4) is 0 Å². The van der Waals surface area contributed by atoms with Crippen LogP contribution in [-0.4, -0.2) is 29.6 Å². The molecule has 1 aromatic heterocycles. The average molecular weight is 468 g/mol. The van der Waals surface area contributed by atoms with Gasteiger partial charge in [0.2, 0.25) is 0 Å². The molecule has 0 bridgehead atoms. The maximum absolute atomic E-state index is 13.5. The van der Waals surface area contributed by atoms with E-state index in [1.54, 1.807) is 43.4 Å². The number of phenols is 1. The Bertz CT molecular complexity index is 1130. The van der Waals surface area contributed by atoms with Crippen LogP contribution in [0.25, 0.3) is 0 Å². The zero-order valence-corrected chi connectivity index (χ0v) is 20.1. The molecular weight excluding hydrogens is 438 g/mol. The highest BCUT2D eigenvalue weighted by Gasteiger charge is 2.42. The summed E-state index contributed by atoms with van der Waals surface area (Å²) in [5, 5.41) is 15.6. The first-order valence-corrected chi connectivity index (χ1v) is 12.1. The van der Waals surface area contributed by atoms with Crippen LogP contribution in [0.4, 0.5) is 0 Å². The normalized spacial score (nSPS) is 20.6. The molecule has 1 aliphatic heterocycles. The molecule has 174 valence electrons. The predicted octanol–water partition coefficient (Wildman–Crippen LogP) is 5.17. The number of nitrogens with one attached hydrogen (secondary N) is 1. The van der Waals surface area contributed by atoms with Crippen molar-refractivity contribution >= 4 is 23.1 Å². The predicted molar refractivity (Wildman–Crippen MR) is 127 cm³/mol. The largest absolute Gasteiger partial charge is 0.504 e. The van der Waals surface area contributed by atoms with Gasteiger partial charge in [0.1, 0.15) is 0 Å². The molecule has 0 saturated heterocycles. The Labute approximate surface area is 197 Å². The molecule has 2 aromatic rings. The number of hydrogen-bond acceptors (Lipinski definition) is 7. The van der Waals surface area contributed by atoms with Crippen LogP contribution in [-0.2, 0) is 14.3 Å². The van der Waals surface area contributed by atoms with E-state index in [1.165, 1.54) is 4.88 Å². The zero-order chi connectivity index (χ0) is 23.7. The van der Waals surface area contributed by atoms with Crippen LogP contribution in [0, 0.1) is 0 Å². The molecule has 0 unspecified atom stereocenters. The molecule has 1 aromatic carbocycles. The first kappa shape index (κ1) is 23.1. The number of rotatable bonds is 6. The minimum Gasteiger partial charge on any atom is -0.504 e. The molecule has 0 amide bonds. The van der Waals surface area contributed by atoms with Gasteiger partial charge in [0.05, 0.1) is 18.3 Å². The first-order valence-electron chi connectivity index (χ1n) is 11.2. The van der Waals surface area contributed by atoms with Crippen LogP contribution in [0.2, 0.25) is 0 Å². The number of thiophene rings is 1. The fourth-order valence-electron chi connectivity index (χ4n) is 4.63. The Hall–Kier alpha value is -3.06. The Kier molecular flexibility index (Phi) is 6.61. The van der Waals surface area contributed by atoms with Gasteiger partial charge in [-0.3, -0.25) is 4.79 Å². The minimum atomic E-state index is -0.593. The molecule has 7 heteroatoms. The highest BCUT2D eigenvalue weighted by molar-refractivity contribution is 7.10. The number of ketones is 1. The quantitative estimate of drug-likeness (QED) is 0.571. The summed E-state index contributed by atoms with van der Waals surface area (Å²) in [6, 6.07) is 9.07. The summed E-state index contributed by atoms with van der Waals surface area (Å²) in [7, 11) is 0. The topological polar surface area (TPSA) is 84.9 Å². The lowest BCUT2D eigenvalue weighted by atomic mass is 9.72. The summed E-state index contributed by atoms with van der Waals surface area (Å²) in [6.45, 7) is 7.67. The Morgan fingerprint density at radius 3 is 2.73 bits per heavy atom. The van der Waals surface area contributed by atoms with E-state index in [9.17, 15) is 14.7 Å². The van der Waals surface area contributed by atoms with Gasteiger partial charge >= 0.3 is 5.97 Å². The van der Waals surface area contributed by atoms with E-state index >= 15 is 0 Å². The number of phenolic OH excluding ortho intramolecular Hbond substituents is 1. The molecule has 0 spiro atoms. The maximum atomic E-state index is 13.5. The lowest BCUT2D eigenvalue weighted by molar-refractivity contribution is -0.143. The maximum Gasteiger partial charge on any atom is 0.337 e. The average Bonchev–Trinajstić information content (AvgIpc) is 3.29. The third kappa shape index (κ3) is 4.55. The zero-order valence-electron chi connectivity index (χ0n) is 19.3. The molecular formula is C26H29NO5S. The molecule has 0 saturated carbocycles. The molecule has 0 radical (unpaired) electrons. The molecule has 2 heterocycles. The number of esters is 1. The van der Waals surface area contributed by atoms with Crippen molar-refractivity contribution in [3.63, 3.8) is 0 Å². The van der Waals surface area contributed by atoms with Crippen molar-refractivity contribution in [2.24, 2.45) is 0 Å². The third-order valence-corrected chi connectivity index (χ3v) is 6.99. The van der Waals surface area contributed by atoms with Crippen LogP contribution in [0.15, 0.2) is 58.3 Å². The molecule has 1 aliphatic carbocycles. The van der Waals surface area contributed by atoms with Gasteiger partial charge in [-0.1, -0.05) is 12.1 Å². The van der Waals surface area contributed by atoms with Crippen molar-refractivity contribution < 1.29 is 24.2 Å². The minimum absolute atomic E-state index is 0.0144. The van der Waals surface area contributed by atoms with Gasteiger partial charge in [0.25, 0.3) is 0 Å². The monoisotopic (exact) mass is 467 g/mol. The smallest absolute Gasteiger partial charge is 0.337 e. The van der Waals surface area contributed by atoms with E-state index in [-0.39, 0.29) is 23.6 Å². The van der Waals surface area contributed by atoms with Gasteiger partial charge in [0, 0.05) is 40.1 Å². The summed E-state index contributed by atoms with van der Waals surface area (Å²) >= 11 is 1.66. The number of carbonyl (C=O) groups is 2. The fraction of sp³-hybridized carbons (Fsp3) is 0.385. The summed E-state index contributed by atoms with van der Waals surface area (Å²) in [5.74, 6) is -0.580. The van der Waals surface area contributed by atoms with Crippen molar-refractivity contribution in [1.29, 1.82) is 0 Å². The molecule has 2 atom stereocenters. The molecule has 2 N–H and O–H groups in total. The van der Waals surface area contributed by atoms with Gasteiger partial charge in [-0.2, -0.15) is 0 Å². The van der Waals surface area contributed by atoms with Crippen LogP contribution in [0.1, 0.15) is 62.8 Å². The van der Waals surface area contributed by atoms with E-state index < -0.39 is 11.9 Å². The number of Topliss-reactive ketones (excluding diaryl/α,β-unsaturated/α-hetero) is 1. The number of dihydropyridines is 1. The lowest BCUT2D eigenvalue weighted by Gasteiger charge is -2.36. The van der Waals surface area contributed by atoms with Gasteiger partial charge in [-0.05, 0) is 63.3 Å². The van der Waals surface area contributed by atoms with E-state index in [2.05, 4.69) is 11.4 Å². The number of carbonyl (C=O) groups excluding carboxylic acids is 2. The van der Waals surface area contributed by atoms with E-state index in [0.29, 0.717) is 47.6 Å². The molecule has 33 heavy (non-hydrogen) atoms. The lowest BCUT2D eigenvalue weighted by Crippen LogP contribution is -2.36. The van der Waals surface area contributed by atoms with E-state index in [0.717, 1.165) is 5.70 Å². The summed E-state index contributed by atoms with van der Waals surface area (Å²) < 4.78 is 11.1. The summed E-state index contributed by atoms with van der Waals surface area (Å²) in [5.41, 5.74) is 3.24. The fourth-order valence-corrected chi connectivity index (χ4v) is 5.46. The van der Waals surface area contributed by atoms with E-state index in [4.69, 9.17) is 9.47 Å². The van der Waals surface area contributed by atoms with Gasteiger partial charge in [0.15, 0.2) is 17.3 Å². The highest BCUT2D eigenvalue weighted by atomic mass is 32.1. The van der Waals surface area contributed by atoms with Crippen molar-refractivity contribution in [2.75, 3.05) is 6.61 Å². The SMILES string of the molecule is CCOc1cc([C@H]2C(C(=O)OC(C)C)=C(C)NC3=C2C(=O)C[C@@H](c2cccs2)C3)ccc1O. The van der Waals surface area contributed by atoms with Crippen LogP contribution in [0.5, 0.6) is 11.5 Å². The van der Waals surface area contributed by atoms with E-state index in [1.807, 2.05) is 25.3 Å². The van der Waals surface area contributed by atoms with Crippen LogP contribution >= 0.6 is 11.3 Å². The molecule has 6 nitrogen and oxygen atoms in total. The third-order valence-electron chi connectivity index (χ3n) is 5.95. The highest BCUT2D eigenvalue weighted by Crippen LogP contribution is 2.47. The first-order chi connectivity index (χ1) is 15.8. The molecule has 4 rings (SSSR count). The number of aromatic hydroxyl groups is 1. The van der Waals surface area contributed by atoms with Crippen molar-refractivity contribution in [2.45, 2.75) is 58.5 Å². The second-order valence-corrected chi connectivity index (χ2v) is 9.63. The van der Waals surface area contributed by atoms with Gasteiger partial charge in [-0.15, -0.1) is 11.3 Å². The second-order valence-electron chi connectivity index (χ2n) is 8.65. The van der Waals surface area contributed by atoms with Gasteiger partial charge < -0.3 is 19.9 Å². The van der Waals surface area contributed by atoms with Crippen molar-refractivity contribution in [1.82, 2.24) is 5.32 Å². The Balaban J connectivity index is 1.83. The second kappa shape index (κ2) is 9.43. The van der Waals surface area contributed by atoms with Crippen molar-refractivity contribution in [3.05, 3.63) is 68.7 Å². The van der Waals surface area contributed by atoms with Crippen LogP contribution < -0.4 is 10.1 Å². The molecule has 0 fully saturated rings. The Morgan fingerprint density at radius 2 is 2.06 bits per heavy atom. The standard InChI is InChI=1S/C26H29NO5S/c1-5-31-21-13-16(8-9-19(21)28)24-23(26(30)32-14(2)3)15(4)27-18-11-17(12-20(29)25(18)24)22-7-6-10-33-22/h6-10,13-14,17,24,27-28H,5,11-12H2,1-4H3/t17-,24-/m0/s1. The summed E-state index contributed by atoms with van der Waals surface area (Å²) in [4.78, 5) is 27.9.